The number of amides is 1. The van der Waals surface area contributed by atoms with Crippen LogP contribution in [0.4, 0.5) is 5.69 Å². The van der Waals surface area contributed by atoms with E-state index in [1.165, 1.54) is 0 Å². The molecule has 9 heteroatoms. The summed E-state index contributed by atoms with van der Waals surface area (Å²) < 4.78 is 5.86. The quantitative estimate of drug-likeness (QED) is 0.284. The molecule has 5 N–H and O–H groups in total. The number of phenolic OH excluding ortho intramolecular Hbond substituents is 1. The molecule has 190 valence electrons. The number of aromatic hydroxyl groups is 1. The molecule has 36 heavy (non-hydrogen) atoms. The summed E-state index contributed by atoms with van der Waals surface area (Å²) in [5.74, 6) is -2.19. The van der Waals surface area contributed by atoms with Crippen LogP contribution in [0.2, 0.25) is 0 Å². The monoisotopic (exact) mass is 493 g/mol. The summed E-state index contributed by atoms with van der Waals surface area (Å²) in [5, 5.41) is 25.0. The standard InChI is InChI=1S/C27H31N3O6/c1-11(2)10-30(3)16-4-5-29-22-14(16)9-18(32)20-15(22)7-12-6-13-8-17(31)21(26(28)35)24(34)27(13)25(36-27)19(12)23(20)33/h9,11-13,16,29,31-32H,4-8,10H2,1-3H3,(H2,28,35)/t12?,13?,16?,27-/m1/s1. The smallest absolute Gasteiger partial charge is 0.255 e. The number of epoxide rings is 1. The summed E-state index contributed by atoms with van der Waals surface area (Å²) in [5.41, 5.74) is 6.89. The van der Waals surface area contributed by atoms with E-state index in [0.717, 1.165) is 36.3 Å². The average molecular weight is 494 g/mol. The molecule has 1 amide bonds. The first-order chi connectivity index (χ1) is 17.1. The average Bonchev–Trinajstić information content (AvgIpc) is 3.54. The Morgan fingerprint density at radius 1 is 1.31 bits per heavy atom. The van der Waals surface area contributed by atoms with Crippen LogP contribution in [0.5, 0.6) is 5.75 Å². The predicted molar refractivity (Wildman–Crippen MR) is 130 cm³/mol. The third-order valence-electron chi connectivity index (χ3n) is 8.52. The van der Waals surface area contributed by atoms with Crippen LogP contribution < -0.4 is 11.1 Å². The van der Waals surface area contributed by atoms with Gasteiger partial charge in [0.05, 0.1) is 5.56 Å². The van der Waals surface area contributed by atoms with Gasteiger partial charge in [0.25, 0.3) is 5.91 Å². The number of ketones is 2. The number of hydrogen-bond acceptors (Lipinski definition) is 8. The molecule has 0 saturated carbocycles. The highest BCUT2D eigenvalue weighted by atomic mass is 16.6. The van der Waals surface area contributed by atoms with Crippen LogP contribution >= 0.6 is 0 Å². The summed E-state index contributed by atoms with van der Waals surface area (Å²) in [6.07, 6.45) is 1.96. The Hall–Kier alpha value is -3.33. The second kappa shape index (κ2) is 7.59. The van der Waals surface area contributed by atoms with Gasteiger partial charge in [-0.15, -0.1) is 0 Å². The third-order valence-corrected chi connectivity index (χ3v) is 8.52. The van der Waals surface area contributed by atoms with Gasteiger partial charge in [0.2, 0.25) is 11.4 Å². The zero-order chi connectivity index (χ0) is 25.7. The number of phenols is 1. The summed E-state index contributed by atoms with van der Waals surface area (Å²) in [4.78, 5) is 41.1. The number of carbonyl (C=O) groups is 3. The number of carbonyl (C=O) groups excluding carboxylic acids is 3. The summed E-state index contributed by atoms with van der Waals surface area (Å²) in [6.45, 7) is 6.03. The van der Waals surface area contributed by atoms with E-state index in [1.54, 1.807) is 6.07 Å². The van der Waals surface area contributed by atoms with Gasteiger partial charge in [0.15, 0.2) is 11.5 Å². The molecule has 0 aromatic heterocycles. The van der Waals surface area contributed by atoms with Crippen molar-refractivity contribution in [1.82, 2.24) is 4.90 Å². The maximum absolute atomic E-state index is 13.8. The number of aliphatic hydroxyl groups excluding tert-OH is 1. The number of primary amides is 1. The number of nitrogens with one attached hydrogen (secondary N) is 1. The van der Waals surface area contributed by atoms with Crippen molar-refractivity contribution < 1.29 is 29.3 Å². The van der Waals surface area contributed by atoms with Crippen molar-refractivity contribution in [2.24, 2.45) is 23.5 Å². The van der Waals surface area contributed by atoms with Gasteiger partial charge in [-0.3, -0.25) is 19.3 Å². The molecule has 5 aliphatic rings. The Labute approximate surface area is 209 Å². The van der Waals surface area contributed by atoms with E-state index in [-0.39, 0.29) is 52.9 Å². The van der Waals surface area contributed by atoms with Gasteiger partial charge in [-0.05, 0) is 55.3 Å². The SMILES string of the molecule is CC(C)CN(C)C1CCNc2c1cc(O)c1c2CC2CC3CC(O)=C(C(N)=O)C(=O)[C@]34OC4=C2C1=O. The summed E-state index contributed by atoms with van der Waals surface area (Å²) >= 11 is 0. The molecule has 3 unspecified atom stereocenters. The molecule has 2 heterocycles. The van der Waals surface area contributed by atoms with Gasteiger partial charge in [0, 0.05) is 42.7 Å². The number of nitrogens with two attached hydrogens (primary N) is 1. The lowest BCUT2D eigenvalue weighted by molar-refractivity contribution is -0.127. The summed E-state index contributed by atoms with van der Waals surface area (Å²) in [7, 11) is 2.09. The molecule has 6 rings (SSSR count). The van der Waals surface area contributed by atoms with Crippen molar-refractivity contribution in [1.29, 1.82) is 0 Å². The van der Waals surface area contributed by atoms with E-state index in [9.17, 15) is 24.6 Å². The van der Waals surface area contributed by atoms with Crippen molar-refractivity contribution in [2.45, 2.75) is 51.2 Å². The van der Waals surface area contributed by atoms with Gasteiger partial charge in [0.1, 0.15) is 17.1 Å². The molecule has 1 aromatic carbocycles. The van der Waals surface area contributed by atoms with E-state index < -0.39 is 22.9 Å². The fraction of sp³-hybridized carbons (Fsp3) is 0.519. The second-order valence-corrected chi connectivity index (χ2v) is 11.2. The Morgan fingerprint density at radius 2 is 2.06 bits per heavy atom. The molecule has 1 aromatic rings. The van der Waals surface area contributed by atoms with Crippen molar-refractivity contribution in [2.75, 3.05) is 25.5 Å². The first-order valence-corrected chi connectivity index (χ1v) is 12.6. The van der Waals surface area contributed by atoms with Crippen molar-refractivity contribution >= 4 is 23.2 Å². The molecule has 1 spiro atoms. The molecule has 3 aliphatic carbocycles. The lowest BCUT2D eigenvalue weighted by Crippen LogP contribution is -2.46. The highest BCUT2D eigenvalue weighted by Crippen LogP contribution is 2.63. The Bertz CT molecular complexity index is 1310. The zero-order valence-corrected chi connectivity index (χ0v) is 20.7. The number of Topliss-reactive ketones (excluding diaryl/α,β-unsaturated/α-hetero) is 2. The fourth-order valence-corrected chi connectivity index (χ4v) is 7.12. The van der Waals surface area contributed by atoms with E-state index in [4.69, 9.17) is 10.5 Å². The Balaban J connectivity index is 1.43. The number of benzene rings is 1. The van der Waals surface area contributed by atoms with E-state index >= 15 is 0 Å². The number of aliphatic hydroxyl groups is 1. The normalized spacial score (nSPS) is 30.2. The van der Waals surface area contributed by atoms with Crippen molar-refractivity contribution in [3.8, 4) is 5.75 Å². The molecule has 9 nitrogen and oxygen atoms in total. The largest absolute Gasteiger partial charge is 0.511 e. The topological polar surface area (TPSA) is 145 Å². The van der Waals surface area contributed by atoms with Gasteiger partial charge >= 0.3 is 0 Å². The van der Waals surface area contributed by atoms with Crippen LogP contribution in [0.3, 0.4) is 0 Å². The number of hydrogen-bond donors (Lipinski definition) is 4. The van der Waals surface area contributed by atoms with Gasteiger partial charge in [-0.2, -0.15) is 0 Å². The second-order valence-electron chi connectivity index (χ2n) is 11.2. The van der Waals surface area contributed by atoms with E-state index in [0.29, 0.717) is 24.3 Å². The maximum Gasteiger partial charge on any atom is 0.255 e. The zero-order valence-electron chi connectivity index (χ0n) is 20.7. The maximum atomic E-state index is 13.8. The van der Waals surface area contributed by atoms with Crippen LogP contribution in [-0.2, 0) is 20.7 Å². The molecule has 1 fully saturated rings. The number of fused-ring (bicyclic) bond motifs is 4. The third kappa shape index (κ3) is 2.95. The first kappa shape index (κ1) is 23.1. The Kier molecular flexibility index (Phi) is 4.87. The van der Waals surface area contributed by atoms with Crippen LogP contribution in [0.15, 0.2) is 28.7 Å². The molecular formula is C27H31N3O6. The molecular weight excluding hydrogens is 462 g/mol. The molecule has 0 bridgehead atoms. The minimum Gasteiger partial charge on any atom is -0.511 e. The highest BCUT2D eigenvalue weighted by Gasteiger charge is 2.72. The molecule has 1 saturated heterocycles. The van der Waals surface area contributed by atoms with Crippen molar-refractivity contribution in [3.63, 3.8) is 0 Å². The molecule has 2 aliphatic heterocycles. The predicted octanol–water partition coefficient (Wildman–Crippen LogP) is 2.50. The first-order valence-electron chi connectivity index (χ1n) is 12.6. The number of ether oxygens (including phenoxy) is 1. The number of anilines is 1. The van der Waals surface area contributed by atoms with Crippen molar-refractivity contribution in [3.05, 3.63) is 45.4 Å². The van der Waals surface area contributed by atoms with Crippen LogP contribution in [0.1, 0.15) is 60.6 Å². The van der Waals surface area contributed by atoms with Gasteiger partial charge in [-0.1, -0.05) is 13.8 Å². The van der Waals surface area contributed by atoms with E-state index in [2.05, 4.69) is 31.1 Å². The minimum atomic E-state index is -1.40. The molecule has 4 atom stereocenters. The molecule has 0 radical (unpaired) electrons. The number of nitrogens with zero attached hydrogens (tertiary/aromatic N) is 1. The lowest BCUT2D eigenvalue weighted by Gasteiger charge is -2.39. The lowest BCUT2D eigenvalue weighted by atomic mass is 9.63. The fourth-order valence-electron chi connectivity index (χ4n) is 7.12. The number of rotatable bonds is 4. The van der Waals surface area contributed by atoms with Gasteiger partial charge < -0.3 is 26.0 Å². The summed E-state index contributed by atoms with van der Waals surface area (Å²) in [6, 6.07) is 1.84. The Morgan fingerprint density at radius 3 is 2.75 bits per heavy atom. The van der Waals surface area contributed by atoms with Crippen LogP contribution in [0, 0.1) is 17.8 Å². The number of allylic oxidation sites excluding steroid dienone is 2. The highest BCUT2D eigenvalue weighted by molar-refractivity contribution is 6.26. The minimum absolute atomic E-state index is 0.0610. The van der Waals surface area contributed by atoms with Gasteiger partial charge in [-0.25, -0.2) is 0 Å². The van der Waals surface area contributed by atoms with E-state index in [1.807, 2.05) is 0 Å². The van der Waals surface area contributed by atoms with Crippen LogP contribution in [0.25, 0.3) is 0 Å². The van der Waals surface area contributed by atoms with Crippen LogP contribution in [-0.4, -0.2) is 58.3 Å².